The van der Waals surface area contributed by atoms with Gasteiger partial charge in [-0.1, -0.05) is 53.6 Å². The maximum absolute atomic E-state index is 13.0. The van der Waals surface area contributed by atoms with Gasteiger partial charge in [0.25, 0.3) is 0 Å². The minimum atomic E-state index is -4.48. The van der Waals surface area contributed by atoms with Crippen LogP contribution in [-0.2, 0) is 6.18 Å². The number of nitrogens with one attached hydrogen (secondary N) is 1. The first-order valence-corrected chi connectivity index (χ1v) is 10.4. The van der Waals surface area contributed by atoms with Gasteiger partial charge in [0.05, 0.1) is 22.7 Å². The van der Waals surface area contributed by atoms with Crippen LogP contribution >= 0.6 is 23.2 Å². The number of nitrogens with zero attached hydrogens (tertiary/aromatic N) is 1. The highest BCUT2D eigenvalue weighted by molar-refractivity contribution is 6.42. The fraction of sp³-hybridized carbons (Fsp3) is 0.125. The third-order valence-corrected chi connectivity index (χ3v) is 5.39. The molecule has 2 amide bonds. The Labute approximate surface area is 199 Å². The van der Waals surface area contributed by atoms with Crippen molar-refractivity contribution in [3.05, 3.63) is 94.0 Å². The quantitative estimate of drug-likeness (QED) is 0.380. The Balaban J connectivity index is 1.87. The van der Waals surface area contributed by atoms with Gasteiger partial charge in [0.15, 0.2) is 0 Å². The lowest BCUT2D eigenvalue weighted by molar-refractivity contribution is -0.137. The molecule has 0 radical (unpaired) electrons. The second-order valence-corrected chi connectivity index (χ2v) is 7.67. The summed E-state index contributed by atoms with van der Waals surface area (Å²) in [5.74, 6) is 0.648. The van der Waals surface area contributed by atoms with Crippen molar-refractivity contribution in [3.8, 4) is 5.75 Å². The minimum absolute atomic E-state index is 0.0799. The maximum atomic E-state index is 13.0. The van der Waals surface area contributed by atoms with Crippen molar-refractivity contribution < 1.29 is 22.7 Å². The number of para-hydroxylation sites is 1. The number of anilines is 2. The molecule has 0 heterocycles. The molecular weight excluding hydrogens is 476 g/mol. The summed E-state index contributed by atoms with van der Waals surface area (Å²) in [7, 11) is 1.55. The molecule has 172 valence electrons. The molecule has 0 aliphatic heterocycles. The summed E-state index contributed by atoms with van der Waals surface area (Å²) in [6.45, 7) is 0.0799. The molecule has 9 heteroatoms. The zero-order valence-corrected chi connectivity index (χ0v) is 18.9. The summed E-state index contributed by atoms with van der Waals surface area (Å²) < 4.78 is 44.2. The van der Waals surface area contributed by atoms with Gasteiger partial charge in [0, 0.05) is 23.5 Å². The normalized spacial score (nSPS) is 11.5. The molecule has 0 unspecified atom stereocenters. The molecule has 0 fully saturated rings. The lowest BCUT2D eigenvalue weighted by Crippen LogP contribution is -2.35. The molecule has 0 aromatic heterocycles. The molecule has 1 N–H and O–H groups in total. The van der Waals surface area contributed by atoms with E-state index in [2.05, 4.69) is 5.32 Å². The number of carbonyl (C=O) groups is 1. The van der Waals surface area contributed by atoms with Gasteiger partial charge in [-0.05, 0) is 48.5 Å². The number of hydrogen-bond acceptors (Lipinski definition) is 2. The predicted molar refractivity (Wildman–Crippen MR) is 126 cm³/mol. The Bertz CT molecular complexity index is 1150. The number of rotatable bonds is 6. The van der Waals surface area contributed by atoms with Crippen LogP contribution in [0.4, 0.5) is 29.3 Å². The lowest BCUT2D eigenvalue weighted by atomic mass is 10.1. The highest BCUT2D eigenvalue weighted by Gasteiger charge is 2.30. The topological polar surface area (TPSA) is 41.6 Å². The average Bonchev–Trinajstić information content (AvgIpc) is 2.79. The minimum Gasteiger partial charge on any atom is -0.496 e. The number of urea groups is 1. The van der Waals surface area contributed by atoms with Gasteiger partial charge in [0.1, 0.15) is 5.75 Å². The van der Waals surface area contributed by atoms with E-state index in [0.29, 0.717) is 16.5 Å². The maximum Gasteiger partial charge on any atom is 0.416 e. The van der Waals surface area contributed by atoms with Crippen molar-refractivity contribution in [2.75, 3.05) is 23.9 Å². The summed E-state index contributed by atoms with van der Waals surface area (Å²) >= 11 is 11.9. The Morgan fingerprint density at radius 3 is 2.36 bits per heavy atom. The van der Waals surface area contributed by atoms with Crippen molar-refractivity contribution in [1.29, 1.82) is 0 Å². The number of ether oxygens (including phenoxy) is 1. The standard InChI is InChI=1S/C24H19Cl2F3N2O2/c1-33-22-7-3-2-5-16(22)6-4-14-31(19-11-8-17(9-12-19)24(27,28)29)23(32)30-18-10-13-20(25)21(26)15-18/h2-13,15H,14H2,1H3,(H,30,32)/b6-4+. The van der Waals surface area contributed by atoms with E-state index >= 15 is 0 Å². The van der Waals surface area contributed by atoms with Crippen molar-refractivity contribution in [1.82, 2.24) is 0 Å². The fourth-order valence-electron chi connectivity index (χ4n) is 2.99. The van der Waals surface area contributed by atoms with Crippen LogP contribution in [-0.4, -0.2) is 19.7 Å². The predicted octanol–water partition coefficient (Wildman–Crippen LogP) is 7.77. The average molecular weight is 495 g/mol. The Morgan fingerprint density at radius 1 is 1.03 bits per heavy atom. The van der Waals surface area contributed by atoms with Crippen LogP contribution in [0.15, 0.2) is 72.8 Å². The molecule has 3 aromatic rings. The van der Waals surface area contributed by atoms with Crippen LogP contribution in [0.3, 0.4) is 0 Å². The Morgan fingerprint density at radius 2 is 1.73 bits per heavy atom. The largest absolute Gasteiger partial charge is 0.496 e. The van der Waals surface area contributed by atoms with Crippen molar-refractivity contribution in [3.63, 3.8) is 0 Å². The number of amides is 2. The first kappa shape index (κ1) is 24.5. The molecule has 4 nitrogen and oxygen atoms in total. The van der Waals surface area contributed by atoms with E-state index in [0.717, 1.165) is 17.7 Å². The molecule has 0 aliphatic carbocycles. The van der Waals surface area contributed by atoms with Crippen LogP contribution < -0.4 is 15.0 Å². The van der Waals surface area contributed by atoms with Crippen LogP contribution in [0.25, 0.3) is 6.08 Å². The number of benzene rings is 3. The van der Waals surface area contributed by atoms with Crippen molar-refractivity contribution in [2.45, 2.75) is 6.18 Å². The molecule has 0 saturated heterocycles. The van der Waals surface area contributed by atoms with Gasteiger partial charge in [-0.15, -0.1) is 0 Å². The van der Waals surface area contributed by atoms with E-state index < -0.39 is 17.8 Å². The lowest BCUT2D eigenvalue weighted by Gasteiger charge is -2.22. The SMILES string of the molecule is COc1ccccc1/C=C/CN(C(=O)Nc1ccc(Cl)c(Cl)c1)c1ccc(C(F)(F)F)cc1. The monoisotopic (exact) mass is 494 g/mol. The Kier molecular flexibility index (Phi) is 7.89. The summed E-state index contributed by atoms with van der Waals surface area (Å²) in [5, 5.41) is 3.27. The Hall–Kier alpha value is -3.16. The van der Waals surface area contributed by atoms with Crippen molar-refractivity contribution in [2.24, 2.45) is 0 Å². The highest BCUT2D eigenvalue weighted by atomic mass is 35.5. The van der Waals surface area contributed by atoms with E-state index in [9.17, 15) is 18.0 Å². The van der Waals surface area contributed by atoms with E-state index in [-0.39, 0.29) is 17.3 Å². The van der Waals surface area contributed by atoms with E-state index in [4.69, 9.17) is 27.9 Å². The van der Waals surface area contributed by atoms with Crippen molar-refractivity contribution >= 4 is 46.7 Å². The first-order valence-electron chi connectivity index (χ1n) is 9.69. The molecule has 3 aromatic carbocycles. The second-order valence-electron chi connectivity index (χ2n) is 6.86. The summed E-state index contributed by atoms with van der Waals surface area (Å²) in [6.07, 6.45) is -0.998. The van der Waals surface area contributed by atoms with Gasteiger partial charge >= 0.3 is 12.2 Å². The molecule has 0 bridgehead atoms. The van der Waals surface area contributed by atoms with Gasteiger partial charge in [0.2, 0.25) is 0 Å². The fourth-order valence-corrected chi connectivity index (χ4v) is 3.29. The van der Waals surface area contributed by atoms with Gasteiger partial charge in [-0.2, -0.15) is 13.2 Å². The molecule has 0 aliphatic rings. The van der Waals surface area contributed by atoms with E-state index in [1.807, 2.05) is 18.2 Å². The van der Waals surface area contributed by atoms with Crippen LogP contribution in [0.5, 0.6) is 5.75 Å². The van der Waals surface area contributed by atoms with Gasteiger partial charge in [-0.3, -0.25) is 4.90 Å². The first-order chi connectivity index (χ1) is 15.7. The van der Waals surface area contributed by atoms with Crippen LogP contribution in [0.2, 0.25) is 10.0 Å². The number of halogens is 5. The molecule has 0 atom stereocenters. The number of alkyl halides is 3. The van der Waals surface area contributed by atoms with Gasteiger partial charge < -0.3 is 10.1 Å². The van der Waals surface area contributed by atoms with E-state index in [1.54, 1.807) is 31.4 Å². The van der Waals surface area contributed by atoms with Crippen LogP contribution in [0.1, 0.15) is 11.1 Å². The molecule has 3 rings (SSSR count). The highest BCUT2D eigenvalue weighted by Crippen LogP contribution is 2.31. The number of hydrogen-bond donors (Lipinski definition) is 1. The smallest absolute Gasteiger partial charge is 0.416 e. The number of methoxy groups -OCH3 is 1. The van der Waals surface area contributed by atoms with Gasteiger partial charge in [-0.25, -0.2) is 4.79 Å². The molecular formula is C24H19Cl2F3N2O2. The summed E-state index contributed by atoms with van der Waals surface area (Å²) in [6, 6.07) is 15.7. The number of carbonyl (C=O) groups excluding carboxylic acids is 1. The van der Waals surface area contributed by atoms with Crippen LogP contribution in [0, 0.1) is 0 Å². The molecule has 33 heavy (non-hydrogen) atoms. The second kappa shape index (κ2) is 10.6. The summed E-state index contributed by atoms with van der Waals surface area (Å²) in [5.41, 5.74) is 0.656. The van der Waals surface area contributed by atoms with E-state index in [1.165, 1.54) is 29.2 Å². The zero-order valence-electron chi connectivity index (χ0n) is 17.4. The zero-order chi connectivity index (χ0) is 24.0. The summed E-state index contributed by atoms with van der Waals surface area (Å²) in [4.78, 5) is 14.3. The molecule has 0 saturated carbocycles. The third kappa shape index (κ3) is 6.43. The molecule has 0 spiro atoms. The third-order valence-electron chi connectivity index (χ3n) is 4.65.